The molecule has 7 rings (SSSR count). The van der Waals surface area contributed by atoms with E-state index in [9.17, 15) is 5.11 Å². The molecule has 0 bridgehead atoms. The molecule has 5 heteroatoms. The Morgan fingerprint density at radius 2 is 1.25 bits per heavy atom. The summed E-state index contributed by atoms with van der Waals surface area (Å²) in [6, 6.07) is 39.5. The Balaban J connectivity index is 0.00000448. The van der Waals surface area contributed by atoms with Crippen LogP contribution in [0.5, 0.6) is 5.75 Å². The van der Waals surface area contributed by atoms with E-state index in [0.29, 0.717) is 11.4 Å². The average Bonchev–Trinajstić information content (AvgIpc) is 3.47. The van der Waals surface area contributed by atoms with E-state index in [-0.39, 0.29) is 43.1 Å². The van der Waals surface area contributed by atoms with Crippen LogP contribution in [0.25, 0.3) is 61.3 Å². The predicted octanol–water partition coefficient (Wildman–Crippen LogP) is 12.0. The van der Waals surface area contributed by atoms with Crippen molar-refractivity contribution in [2.75, 3.05) is 0 Å². The minimum absolute atomic E-state index is 0. The van der Waals surface area contributed by atoms with Gasteiger partial charge in [0.1, 0.15) is 11.6 Å². The number of phenolic OH excluding ortho intramolecular Hbond substituents is 1. The number of hydrogen-bond donors (Lipinski definition) is 1. The van der Waals surface area contributed by atoms with E-state index in [1.807, 2.05) is 24.4 Å². The second kappa shape index (κ2) is 13.2. The van der Waals surface area contributed by atoms with Crippen molar-refractivity contribution < 1.29 is 26.2 Å². The van der Waals surface area contributed by atoms with Crippen LogP contribution < -0.4 is 0 Å². The van der Waals surface area contributed by atoms with Gasteiger partial charge < -0.3 is 5.11 Å². The number of aromatic hydroxyl groups is 1. The van der Waals surface area contributed by atoms with Crippen molar-refractivity contribution in [3.8, 4) is 45.1 Å². The number of hydrogen-bond acceptors (Lipinski definition) is 3. The summed E-state index contributed by atoms with van der Waals surface area (Å²) in [5.74, 6) is 0.910. The van der Waals surface area contributed by atoms with Gasteiger partial charge in [-0.25, -0.2) is 4.98 Å². The fraction of sp³-hybridized carbons (Fsp3) is 0.261. The molecule has 2 aromatic heterocycles. The standard InChI is InChI=1S/C46H46N3O.Pt/c1-44(2,3)32-20-23-39(50)37(27-32)43-48-41-35(21-22-38(46(7,8)9)42(41)49(43)34-18-11-10-12-19-34)29-15-13-16-30(25-29)36-28-33(45(4,5)6)26-31-17-14-24-47-40(31)36;/h10-24,26-28,50H,1-9H3;/q-1;. The molecule has 4 nitrogen and oxygen atoms in total. The Morgan fingerprint density at radius 3 is 1.92 bits per heavy atom. The molecule has 5 aromatic carbocycles. The van der Waals surface area contributed by atoms with E-state index in [2.05, 4.69) is 152 Å². The molecule has 0 saturated carbocycles. The van der Waals surface area contributed by atoms with Gasteiger partial charge in [-0.05, 0) is 68.7 Å². The number of benzene rings is 5. The number of fused-ring (bicyclic) bond motifs is 2. The Labute approximate surface area is 316 Å². The minimum atomic E-state index is -0.181. The molecule has 0 atom stereocenters. The monoisotopic (exact) mass is 851 g/mol. The summed E-state index contributed by atoms with van der Waals surface area (Å²) < 4.78 is 2.23. The molecular weight excluding hydrogens is 806 g/mol. The normalized spacial score (nSPS) is 12.3. The second-order valence-electron chi connectivity index (χ2n) is 16.5. The summed E-state index contributed by atoms with van der Waals surface area (Å²) >= 11 is 0. The second-order valence-corrected chi connectivity index (χ2v) is 16.5. The van der Waals surface area contributed by atoms with E-state index < -0.39 is 0 Å². The van der Waals surface area contributed by atoms with E-state index >= 15 is 0 Å². The number of para-hydroxylation sites is 1. The van der Waals surface area contributed by atoms with E-state index in [0.717, 1.165) is 55.4 Å². The molecule has 0 aliphatic rings. The maximum absolute atomic E-state index is 11.4. The number of aromatic nitrogens is 3. The van der Waals surface area contributed by atoms with Crippen LogP contribution in [0.15, 0.2) is 109 Å². The molecule has 0 aliphatic heterocycles. The van der Waals surface area contributed by atoms with Gasteiger partial charge in [-0.3, -0.25) is 9.55 Å². The summed E-state index contributed by atoms with van der Waals surface area (Å²) in [4.78, 5) is 10.3. The molecule has 2 heterocycles. The minimum Gasteiger partial charge on any atom is -0.507 e. The van der Waals surface area contributed by atoms with Gasteiger partial charge in [-0.1, -0.05) is 128 Å². The molecule has 0 unspecified atom stereocenters. The quantitative estimate of drug-likeness (QED) is 0.180. The third-order valence-electron chi connectivity index (χ3n) is 9.68. The number of imidazole rings is 1. The first kappa shape index (κ1) is 36.3. The summed E-state index contributed by atoms with van der Waals surface area (Å²) in [6.07, 6.45) is 1.86. The molecule has 0 amide bonds. The Kier molecular flexibility index (Phi) is 9.40. The molecule has 0 spiro atoms. The van der Waals surface area contributed by atoms with Crippen LogP contribution in [0.1, 0.15) is 79.0 Å². The first-order valence-electron chi connectivity index (χ1n) is 17.5. The number of phenols is 1. The Hall–Kier alpha value is -4.53. The summed E-state index contributed by atoms with van der Waals surface area (Å²) in [7, 11) is 0. The summed E-state index contributed by atoms with van der Waals surface area (Å²) in [5.41, 5.74) is 11.8. The van der Waals surface area contributed by atoms with Crippen LogP contribution in [0.2, 0.25) is 0 Å². The fourth-order valence-corrected chi connectivity index (χ4v) is 6.81. The topological polar surface area (TPSA) is 50.9 Å². The Bertz CT molecular complexity index is 2390. The van der Waals surface area contributed by atoms with Crippen LogP contribution >= 0.6 is 0 Å². The van der Waals surface area contributed by atoms with Crippen LogP contribution in [-0.4, -0.2) is 19.6 Å². The molecule has 1 N–H and O–H groups in total. The molecule has 51 heavy (non-hydrogen) atoms. The third kappa shape index (κ3) is 6.79. The summed E-state index contributed by atoms with van der Waals surface area (Å²) in [5, 5.41) is 12.5. The van der Waals surface area contributed by atoms with Crippen LogP contribution in [0.3, 0.4) is 0 Å². The van der Waals surface area contributed by atoms with E-state index in [1.54, 1.807) is 6.07 Å². The zero-order chi connectivity index (χ0) is 35.6. The number of rotatable bonds is 4. The van der Waals surface area contributed by atoms with Gasteiger partial charge >= 0.3 is 0 Å². The number of nitrogens with zero attached hydrogens (tertiary/aromatic N) is 3. The van der Waals surface area contributed by atoms with E-state index in [1.165, 1.54) is 11.1 Å². The third-order valence-corrected chi connectivity index (χ3v) is 9.68. The van der Waals surface area contributed by atoms with Crippen molar-refractivity contribution >= 4 is 21.9 Å². The van der Waals surface area contributed by atoms with Crippen molar-refractivity contribution in [2.24, 2.45) is 0 Å². The molecule has 0 aliphatic carbocycles. The largest absolute Gasteiger partial charge is 0.507 e. The zero-order valence-corrected chi connectivity index (χ0v) is 33.3. The first-order chi connectivity index (χ1) is 23.6. The van der Waals surface area contributed by atoms with Crippen LogP contribution in [0.4, 0.5) is 0 Å². The fourth-order valence-electron chi connectivity index (χ4n) is 6.81. The molecule has 0 fully saturated rings. The van der Waals surface area contributed by atoms with Crippen molar-refractivity contribution in [1.82, 2.24) is 14.5 Å². The van der Waals surface area contributed by atoms with Gasteiger partial charge in [0, 0.05) is 38.5 Å². The maximum Gasteiger partial charge on any atom is 0.148 e. The molecule has 7 aromatic rings. The molecule has 262 valence electrons. The van der Waals surface area contributed by atoms with Crippen LogP contribution in [-0.2, 0) is 37.3 Å². The zero-order valence-electron chi connectivity index (χ0n) is 31.0. The maximum atomic E-state index is 11.4. The van der Waals surface area contributed by atoms with Crippen molar-refractivity contribution in [3.05, 3.63) is 132 Å². The van der Waals surface area contributed by atoms with Crippen molar-refractivity contribution in [3.63, 3.8) is 0 Å². The summed E-state index contributed by atoms with van der Waals surface area (Å²) in [6.45, 7) is 20.1. The average molecular weight is 852 g/mol. The molecular formula is C46H46N3OPt-. The van der Waals surface area contributed by atoms with Crippen molar-refractivity contribution in [1.29, 1.82) is 0 Å². The van der Waals surface area contributed by atoms with Gasteiger partial charge in [-0.2, -0.15) is 0 Å². The van der Waals surface area contributed by atoms with Crippen LogP contribution in [0, 0.1) is 6.07 Å². The van der Waals surface area contributed by atoms with Gasteiger partial charge in [0.15, 0.2) is 0 Å². The van der Waals surface area contributed by atoms with Gasteiger partial charge in [-0.15, -0.1) is 35.4 Å². The SMILES string of the molecule is CC(C)(C)c1ccc(O)c(-c2nc3c(-c4[c-]c(-c5cc(C(C)(C)C)cc6cccnc56)ccc4)ccc(C(C)(C)C)c3n2-c2ccccc2)c1.[Pt]. The van der Waals surface area contributed by atoms with Gasteiger partial charge in [0.25, 0.3) is 0 Å². The molecule has 0 radical (unpaired) electrons. The predicted molar refractivity (Wildman–Crippen MR) is 209 cm³/mol. The van der Waals surface area contributed by atoms with Gasteiger partial charge in [0.05, 0.1) is 16.6 Å². The van der Waals surface area contributed by atoms with Gasteiger partial charge in [0.2, 0.25) is 0 Å². The first-order valence-corrected chi connectivity index (χ1v) is 17.5. The smallest absolute Gasteiger partial charge is 0.148 e. The Morgan fingerprint density at radius 1 is 0.588 bits per heavy atom. The molecule has 0 saturated heterocycles. The number of pyridine rings is 1. The van der Waals surface area contributed by atoms with E-state index in [4.69, 9.17) is 9.97 Å². The van der Waals surface area contributed by atoms with Crippen molar-refractivity contribution in [2.45, 2.75) is 78.6 Å².